The summed E-state index contributed by atoms with van der Waals surface area (Å²) in [6, 6.07) is 0. The van der Waals surface area contributed by atoms with Crippen LogP contribution in [-0.2, 0) is 4.79 Å². The van der Waals surface area contributed by atoms with Crippen molar-refractivity contribution in [1.29, 1.82) is 0 Å². The van der Waals surface area contributed by atoms with Gasteiger partial charge in [0.25, 0.3) is 0 Å². The molecular formula is C12H18ClN5O. The van der Waals surface area contributed by atoms with Crippen LogP contribution in [0.5, 0.6) is 0 Å². The van der Waals surface area contributed by atoms with Gasteiger partial charge >= 0.3 is 0 Å². The van der Waals surface area contributed by atoms with Crippen LogP contribution < -0.4 is 10.2 Å². The Morgan fingerprint density at radius 2 is 2.11 bits per heavy atom. The first-order valence-corrected chi connectivity index (χ1v) is 6.49. The Kier molecular flexibility index (Phi) is 3.54. The fourth-order valence-corrected chi connectivity index (χ4v) is 2.45. The van der Waals surface area contributed by atoms with Crippen LogP contribution in [0.4, 0.5) is 11.8 Å². The first kappa shape index (κ1) is 13.9. The number of aromatic nitrogens is 2. The van der Waals surface area contributed by atoms with Gasteiger partial charge in [0.2, 0.25) is 11.9 Å². The standard InChI is InChI=1S/C12H18ClN5O/c1-12(2)10(19)17(4)5-6-18(12)9-8(13)7-15-11(14-3)16-9/h7H,5-6H2,1-4H3,(H,14,15,16). The number of anilines is 2. The highest BCUT2D eigenvalue weighted by Crippen LogP contribution is 2.32. The van der Waals surface area contributed by atoms with Crippen molar-refractivity contribution in [3.8, 4) is 0 Å². The summed E-state index contributed by atoms with van der Waals surface area (Å²) in [4.78, 5) is 24.4. The van der Waals surface area contributed by atoms with E-state index in [0.29, 0.717) is 29.9 Å². The Bertz CT molecular complexity index is 505. The van der Waals surface area contributed by atoms with Gasteiger partial charge in [-0.1, -0.05) is 11.6 Å². The van der Waals surface area contributed by atoms with Crippen molar-refractivity contribution >= 4 is 29.3 Å². The minimum Gasteiger partial charge on any atom is -0.357 e. The van der Waals surface area contributed by atoms with E-state index in [1.807, 2.05) is 25.8 Å². The number of piperazine rings is 1. The van der Waals surface area contributed by atoms with Gasteiger partial charge in [-0.2, -0.15) is 4.98 Å². The molecule has 0 atom stereocenters. The first-order valence-electron chi connectivity index (χ1n) is 6.11. The molecule has 104 valence electrons. The quantitative estimate of drug-likeness (QED) is 0.884. The molecule has 2 heterocycles. The number of rotatable bonds is 2. The average molecular weight is 284 g/mol. The van der Waals surface area contributed by atoms with Gasteiger partial charge in [0, 0.05) is 27.2 Å². The molecule has 2 rings (SSSR count). The van der Waals surface area contributed by atoms with E-state index >= 15 is 0 Å². The van der Waals surface area contributed by atoms with E-state index in [2.05, 4.69) is 15.3 Å². The minimum absolute atomic E-state index is 0.0550. The second kappa shape index (κ2) is 4.85. The highest BCUT2D eigenvalue weighted by Gasteiger charge is 2.42. The largest absolute Gasteiger partial charge is 0.357 e. The normalized spacial score (nSPS) is 18.7. The second-order valence-corrected chi connectivity index (χ2v) is 5.46. The zero-order valence-corrected chi connectivity index (χ0v) is 12.3. The first-order chi connectivity index (χ1) is 8.87. The molecule has 1 aromatic rings. The highest BCUT2D eigenvalue weighted by molar-refractivity contribution is 6.33. The van der Waals surface area contributed by atoms with E-state index in [1.54, 1.807) is 18.1 Å². The van der Waals surface area contributed by atoms with Crippen LogP contribution in [-0.4, -0.2) is 53.5 Å². The lowest BCUT2D eigenvalue weighted by Crippen LogP contribution is -2.62. The molecule has 0 spiro atoms. The van der Waals surface area contributed by atoms with Crippen LogP contribution in [0.3, 0.4) is 0 Å². The molecule has 0 aliphatic carbocycles. The zero-order chi connectivity index (χ0) is 14.2. The van der Waals surface area contributed by atoms with Gasteiger partial charge < -0.3 is 15.1 Å². The van der Waals surface area contributed by atoms with Crippen molar-refractivity contribution in [2.24, 2.45) is 0 Å². The van der Waals surface area contributed by atoms with Gasteiger partial charge in [0.15, 0.2) is 5.82 Å². The SMILES string of the molecule is CNc1ncc(Cl)c(N2CCN(C)C(=O)C2(C)C)n1. The Morgan fingerprint density at radius 1 is 1.42 bits per heavy atom. The molecule has 0 aromatic carbocycles. The van der Waals surface area contributed by atoms with Gasteiger partial charge in [0.1, 0.15) is 10.6 Å². The Hall–Kier alpha value is -1.56. The third-order valence-corrected chi connectivity index (χ3v) is 3.68. The molecule has 1 aromatic heterocycles. The second-order valence-electron chi connectivity index (χ2n) is 5.05. The number of hydrogen-bond acceptors (Lipinski definition) is 5. The minimum atomic E-state index is -0.671. The summed E-state index contributed by atoms with van der Waals surface area (Å²) in [6.07, 6.45) is 1.55. The molecule has 1 fully saturated rings. The molecule has 1 aliphatic rings. The lowest BCUT2D eigenvalue weighted by Gasteiger charge is -2.45. The third kappa shape index (κ3) is 2.32. The fraction of sp³-hybridized carbons (Fsp3) is 0.583. The third-order valence-electron chi connectivity index (χ3n) is 3.41. The molecule has 0 bridgehead atoms. The molecule has 19 heavy (non-hydrogen) atoms. The molecular weight excluding hydrogens is 266 g/mol. The van der Waals surface area contributed by atoms with Crippen molar-refractivity contribution in [3.05, 3.63) is 11.2 Å². The maximum atomic E-state index is 12.3. The molecule has 0 unspecified atom stereocenters. The average Bonchev–Trinajstić information content (AvgIpc) is 2.38. The topological polar surface area (TPSA) is 61.4 Å². The number of likely N-dealkylation sites (N-methyl/N-ethyl adjacent to an activating group) is 1. The molecule has 7 heteroatoms. The Balaban J connectivity index is 2.43. The van der Waals surface area contributed by atoms with Crippen molar-refractivity contribution in [2.75, 3.05) is 37.4 Å². The Morgan fingerprint density at radius 3 is 2.74 bits per heavy atom. The highest BCUT2D eigenvalue weighted by atomic mass is 35.5. The summed E-state index contributed by atoms with van der Waals surface area (Å²) in [5.41, 5.74) is -0.671. The number of carbonyl (C=O) groups excluding carboxylic acids is 1. The van der Waals surface area contributed by atoms with Crippen LogP contribution in [0, 0.1) is 0 Å². The summed E-state index contributed by atoms with van der Waals surface area (Å²) in [5.74, 6) is 1.13. The van der Waals surface area contributed by atoms with E-state index in [-0.39, 0.29) is 5.91 Å². The summed E-state index contributed by atoms with van der Waals surface area (Å²) < 4.78 is 0. The molecule has 0 radical (unpaired) electrons. The summed E-state index contributed by atoms with van der Waals surface area (Å²) in [6.45, 7) is 5.09. The molecule has 6 nitrogen and oxygen atoms in total. The van der Waals surface area contributed by atoms with E-state index in [4.69, 9.17) is 11.6 Å². The van der Waals surface area contributed by atoms with E-state index in [1.165, 1.54) is 0 Å². The molecule has 1 aliphatic heterocycles. The molecule has 1 saturated heterocycles. The maximum absolute atomic E-state index is 12.3. The molecule has 0 saturated carbocycles. The predicted octanol–water partition coefficient (Wildman–Crippen LogP) is 1.23. The number of halogens is 1. The van der Waals surface area contributed by atoms with Crippen molar-refractivity contribution in [2.45, 2.75) is 19.4 Å². The predicted molar refractivity (Wildman–Crippen MR) is 75.7 cm³/mol. The number of hydrogen-bond donors (Lipinski definition) is 1. The maximum Gasteiger partial charge on any atom is 0.247 e. The molecule has 1 amide bonds. The summed E-state index contributed by atoms with van der Waals surface area (Å²) >= 11 is 6.18. The van der Waals surface area contributed by atoms with Crippen LogP contribution >= 0.6 is 11.6 Å². The van der Waals surface area contributed by atoms with Crippen LogP contribution in [0.25, 0.3) is 0 Å². The number of carbonyl (C=O) groups is 1. The van der Waals surface area contributed by atoms with Crippen LogP contribution in [0.2, 0.25) is 5.02 Å². The van der Waals surface area contributed by atoms with Gasteiger partial charge in [-0.05, 0) is 13.8 Å². The zero-order valence-electron chi connectivity index (χ0n) is 11.6. The van der Waals surface area contributed by atoms with Gasteiger partial charge in [-0.25, -0.2) is 4.98 Å². The van der Waals surface area contributed by atoms with Crippen LogP contribution in [0.15, 0.2) is 6.20 Å². The Labute approximate surface area is 117 Å². The van der Waals surface area contributed by atoms with E-state index in [9.17, 15) is 4.79 Å². The van der Waals surface area contributed by atoms with Crippen molar-refractivity contribution in [3.63, 3.8) is 0 Å². The lowest BCUT2D eigenvalue weighted by molar-refractivity contribution is -0.136. The smallest absolute Gasteiger partial charge is 0.247 e. The number of amides is 1. The summed E-state index contributed by atoms with van der Waals surface area (Å²) in [7, 11) is 3.55. The van der Waals surface area contributed by atoms with E-state index in [0.717, 1.165) is 0 Å². The van der Waals surface area contributed by atoms with Crippen molar-refractivity contribution in [1.82, 2.24) is 14.9 Å². The van der Waals surface area contributed by atoms with Gasteiger partial charge in [0.05, 0.1) is 6.20 Å². The van der Waals surface area contributed by atoms with Crippen LogP contribution in [0.1, 0.15) is 13.8 Å². The van der Waals surface area contributed by atoms with Gasteiger partial charge in [-0.3, -0.25) is 4.79 Å². The van der Waals surface area contributed by atoms with Gasteiger partial charge in [-0.15, -0.1) is 0 Å². The molecule has 1 N–H and O–H groups in total. The fourth-order valence-electron chi connectivity index (χ4n) is 2.25. The summed E-state index contributed by atoms with van der Waals surface area (Å²) in [5, 5.41) is 3.33. The monoisotopic (exact) mass is 283 g/mol. The van der Waals surface area contributed by atoms with E-state index < -0.39 is 5.54 Å². The van der Waals surface area contributed by atoms with Crippen molar-refractivity contribution < 1.29 is 4.79 Å². The number of nitrogens with one attached hydrogen (secondary N) is 1. The number of nitrogens with zero attached hydrogens (tertiary/aromatic N) is 4. The lowest BCUT2D eigenvalue weighted by atomic mass is 9.98.